The van der Waals surface area contributed by atoms with Crippen LogP contribution >= 0.6 is 0 Å². The van der Waals surface area contributed by atoms with Crippen LogP contribution in [0.1, 0.15) is 62.9 Å². The van der Waals surface area contributed by atoms with E-state index in [4.69, 9.17) is 19.4 Å². The van der Waals surface area contributed by atoms with Crippen molar-refractivity contribution in [1.29, 1.82) is 0 Å². The molecule has 5 heteroatoms. The van der Waals surface area contributed by atoms with E-state index in [9.17, 15) is 0 Å². The summed E-state index contributed by atoms with van der Waals surface area (Å²) in [6.45, 7) is 5.30. The van der Waals surface area contributed by atoms with Crippen molar-refractivity contribution >= 4 is 5.82 Å². The Bertz CT molecular complexity index is 497. The molecule has 0 unspecified atom stereocenters. The van der Waals surface area contributed by atoms with E-state index in [2.05, 4.69) is 17.9 Å². The molecule has 1 aliphatic heterocycles. The average Bonchev–Trinajstić information content (AvgIpc) is 3.11. The molecule has 23 heavy (non-hydrogen) atoms. The van der Waals surface area contributed by atoms with Gasteiger partial charge in [-0.15, -0.1) is 0 Å². The zero-order valence-corrected chi connectivity index (χ0v) is 14.5. The second-order valence-electron chi connectivity index (χ2n) is 6.64. The lowest BCUT2D eigenvalue weighted by atomic mass is 9.94. The number of hydrogen-bond acceptors (Lipinski definition) is 5. The summed E-state index contributed by atoms with van der Waals surface area (Å²) >= 11 is 0. The summed E-state index contributed by atoms with van der Waals surface area (Å²) in [6.07, 6.45) is 7.65. The quantitative estimate of drug-likeness (QED) is 0.805. The Hall–Kier alpha value is -1.20. The first-order chi connectivity index (χ1) is 11.3. The molecule has 0 aromatic carbocycles. The van der Waals surface area contributed by atoms with Gasteiger partial charge in [0.2, 0.25) is 0 Å². The molecule has 0 N–H and O–H groups in total. The van der Waals surface area contributed by atoms with E-state index in [-0.39, 0.29) is 0 Å². The molecule has 2 heterocycles. The van der Waals surface area contributed by atoms with Gasteiger partial charge in [0.15, 0.2) is 5.82 Å². The molecular weight excluding hydrogens is 290 g/mol. The highest BCUT2D eigenvalue weighted by molar-refractivity contribution is 5.42. The molecule has 128 valence electrons. The van der Waals surface area contributed by atoms with Crippen molar-refractivity contribution in [2.45, 2.75) is 64.0 Å². The van der Waals surface area contributed by atoms with E-state index in [1.165, 1.54) is 32.1 Å². The first kappa shape index (κ1) is 16.7. The van der Waals surface area contributed by atoms with E-state index in [0.717, 1.165) is 43.5 Å². The van der Waals surface area contributed by atoms with Crippen LogP contribution in [0.3, 0.4) is 0 Å². The molecule has 0 amide bonds. The van der Waals surface area contributed by atoms with Crippen molar-refractivity contribution in [2.75, 3.05) is 31.8 Å². The summed E-state index contributed by atoms with van der Waals surface area (Å²) in [7, 11) is 1.70. The van der Waals surface area contributed by atoms with Crippen LogP contribution in [-0.4, -0.2) is 42.9 Å². The van der Waals surface area contributed by atoms with Crippen LogP contribution in [0.25, 0.3) is 0 Å². The molecule has 5 nitrogen and oxygen atoms in total. The van der Waals surface area contributed by atoms with Gasteiger partial charge in [-0.2, -0.15) is 0 Å². The molecule has 1 saturated carbocycles. The summed E-state index contributed by atoms with van der Waals surface area (Å²) in [5.41, 5.74) is 1.12. The summed E-state index contributed by atoms with van der Waals surface area (Å²) in [5.74, 6) is 2.27. The minimum absolute atomic E-state index is 0.400. The van der Waals surface area contributed by atoms with Crippen molar-refractivity contribution < 1.29 is 9.47 Å². The van der Waals surface area contributed by atoms with Gasteiger partial charge in [0.25, 0.3) is 0 Å². The lowest BCUT2D eigenvalue weighted by Gasteiger charge is -2.35. The van der Waals surface area contributed by atoms with Crippen molar-refractivity contribution in [2.24, 2.45) is 0 Å². The minimum atomic E-state index is 0.400. The highest BCUT2D eigenvalue weighted by Crippen LogP contribution is 2.30. The van der Waals surface area contributed by atoms with Crippen LogP contribution in [0, 0.1) is 0 Å². The summed E-state index contributed by atoms with van der Waals surface area (Å²) in [6, 6.07) is 2.81. The molecule has 1 saturated heterocycles. The molecular formula is C18H29N3O2. The van der Waals surface area contributed by atoms with Gasteiger partial charge in [-0.05, 0) is 26.2 Å². The van der Waals surface area contributed by atoms with Crippen LogP contribution in [0.15, 0.2) is 6.07 Å². The topological polar surface area (TPSA) is 47.5 Å². The van der Waals surface area contributed by atoms with Gasteiger partial charge in [0.1, 0.15) is 12.4 Å². The van der Waals surface area contributed by atoms with E-state index in [1.807, 2.05) is 0 Å². The fourth-order valence-corrected chi connectivity index (χ4v) is 3.82. The van der Waals surface area contributed by atoms with E-state index in [0.29, 0.717) is 18.6 Å². The number of ether oxygens (including phenoxy) is 2. The number of methoxy groups -OCH3 is 1. The zero-order chi connectivity index (χ0) is 16.1. The first-order valence-electron chi connectivity index (χ1n) is 9.03. The fraction of sp³-hybridized carbons (Fsp3) is 0.778. The summed E-state index contributed by atoms with van der Waals surface area (Å²) < 4.78 is 10.8. The molecule has 1 aromatic heterocycles. The van der Waals surface area contributed by atoms with Gasteiger partial charge in [0.05, 0.1) is 12.3 Å². The molecule has 3 rings (SSSR count). The lowest BCUT2D eigenvalue weighted by Crippen LogP contribution is -2.37. The Kier molecular flexibility index (Phi) is 5.84. The lowest BCUT2D eigenvalue weighted by molar-refractivity contribution is 0.177. The van der Waals surface area contributed by atoms with Crippen LogP contribution in [0.2, 0.25) is 0 Å². The maximum Gasteiger partial charge on any atom is 0.156 e. The SMILES string of the molecule is CCN(c1cc([C@H]2CCOC2)nc(COC)n1)C1CCCCC1. The predicted octanol–water partition coefficient (Wildman–Crippen LogP) is 3.29. The molecule has 0 spiro atoms. The minimum Gasteiger partial charge on any atom is -0.381 e. The highest BCUT2D eigenvalue weighted by atomic mass is 16.5. The van der Waals surface area contributed by atoms with Crippen LogP contribution in [0.4, 0.5) is 5.82 Å². The van der Waals surface area contributed by atoms with Crippen LogP contribution < -0.4 is 4.90 Å². The zero-order valence-electron chi connectivity index (χ0n) is 14.5. The number of anilines is 1. The third-order valence-corrected chi connectivity index (χ3v) is 5.05. The van der Waals surface area contributed by atoms with E-state index in [1.54, 1.807) is 7.11 Å². The Morgan fingerprint density at radius 1 is 1.22 bits per heavy atom. The molecule has 2 fully saturated rings. The largest absolute Gasteiger partial charge is 0.381 e. The maximum absolute atomic E-state index is 5.55. The molecule has 1 atom stereocenters. The predicted molar refractivity (Wildman–Crippen MR) is 90.8 cm³/mol. The molecule has 2 aliphatic rings. The van der Waals surface area contributed by atoms with Crippen LogP contribution in [0.5, 0.6) is 0 Å². The standard InChI is InChI=1S/C18H29N3O2/c1-3-21(15-7-5-4-6-8-15)18-11-16(14-9-10-23-12-14)19-17(20-18)13-22-2/h11,14-15H,3-10,12-13H2,1-2H3/t14-/m0/s1. The number of hydrogen-bond donors (Lipinski definition) is 0. The summed E-state index contributed by atoms with van der Waals surface area (Å²) in [4.78, 5) is 12.0. The van der Waals surface area contributed by atoms with Gasteiger partial charge < -0.3 is 14.4 Å². The normalized spacial score (nSPS) is 22.4. The number of nitrogens with zero attached hydrogens (tertiary/aromatic N) is 3. The Labute approximate surface area is 139 Å². The fourth-order valence-electron chi connectivity index (χ4n) is 3.82. The van der Waals surface area contributed by atoms with E-state index >= 15 is 0 Å². The molecule has 0 radical (unpaired) electrons. The molecule has 1 aromatic rings. The number of rotatable bonds is 6. The van der Waals surface area contributed by atoms with Crippen molar-refractivity contribution in [3.8, 4) is 0 Å². The van der Waals surface area contributed by atoms with Gasteiger partial charge >= 0.3 is 0 Å². The van der Waals surface area contributed by atoms with Gasteiger partial charge in [-0.1, -0.05) is 19.3 Å². The monoisotopic (exact) mass is 319 g/mol. The Balaban J connectivity index is 1.88. The summed E-state index contributed by atoms with van der Waals surface area (Å²) in [5, 5.41) is 0. The van der Waals surface area contributed by atoms with Crippen molar-refractivity contribution in [1.82, 2.24) is 9.97 Å². The third-order valence-electron chi connectivity index (χ3n) is 5.05. The van der Waals surface area contributed by atoms with Crippen LogP contribution in [-0.2, 0) is 16.1 Å². The van der Waals surface area contributed by atoms with Crippen molar-refractivity contribution in [3.63, 3.8) is 0 Å². The molecule has 1 aliphatic carbocycles. The smallest absolute Gasteiger partial charge is 0.156 e. The highest BCUT2D eigenvalue weighted by Gasteiger charge is 2.25. The Morgan fingerprint density at radius 3 is 2.70 bits per heavy atom. The van der Waals surface area contributed by atoms with Gasteiger partial charge in [0, 0.05) is 38.3 Å². The second-order valence-corrected chi connectivity index (χ2v) is 6.64. The average molecular weight is 319 g/mol. The van der Waals surface area contributed by atoms with E-state index < -0.39 is 0 Å². The van der Waals surface area contributed by atoms with Gasteiger partial charge in [-0.25, -0.2) is 9.97 Å². The maximum atomic E-state index is 5.55. The first-order valence-corrected chi connectivity index (χ1v) is 9.03. The molecule has 0 bridgehead atoms. The second kappa shape index (κ2) is 8.06. The Morgan fingerprint density at radius 2 is 2.04 bits per heavy atom. The van der Waals surface area contributed by atoms with Gasteiger partial charge in [-0.3, -0.25) is 0 Å². The third kappa shape index (κ3) is 4.01. The van der Waals surface area contributed by atoms with Crippen molar-refractivity contribution in [3.05, 3.63) is 17.6 Å². The number of aromatic nitrogens is 2.